The van der Waals surface area contributed by atoms with E-state index in [0.29, 0.717) is 0 Å². The summed E-state index contributed by atoms with van der Waals surface area (Å²) in [5.74, 6) is 0.832. The van der Waals surface area contributed by atoms with Gasteiger partial charge in [-0.3, -0.25) is 0 Å². The molecule has 0 spiro atoms. The Morgan fingerprint density at radius 2 is 2.50 bits per heavy atom. The summed E-state index contributed by atoms with van der Waals surface area (Å²) >= 11 is 0. The van der Waals surface area contributed by atoms with Crippen molar-refractivity contribution in [1.82, 2.24) is 5.32 Å². The molecule has 0 aromatic carbocycles. The van der Waals surface area contributed by atoms with Gasteiger partial charge >= 0.3 is 0 Å². The fourth-order valence-electron chi connectivity index (χ4n) is 0.869. The van der Waals surface area contributed by atoms with Crippen LogP contribution in [0, 0.1) is 5.92 Å². The molecule has 0 saturated carbocycles. The molecule has 46 valence electrons. The maximum absolute atomic E-state index is 3.29. The van der Waals surface area contributed by atoms with Gasteiger partial charge in [0, 0.05) is 12.2 Å². The van der Waals surface area contributed by atoms with E-state index >= 15 is 0 Å². The topological polar surface area (TPSA) is 12.0 Å². The first kappa shape index (κ1) is 5.67. The monoisotopic (exact) mass is 111 g/mol. The second kappa shape index (κ2) is 2.21. The molecule has 1 heteroatoms. The summed E-state index contributed by atoms with van der Waals surface area (Å²) in [6, 6.07) is 0. The highest BCUT2D eigenvalue weighted by atomic mass is 14.9. The van der Waals surface area contributed by atoms with Gasteiger partial charge in [0.15, 0.2) is 0 Å². The van der Waals surface area contributed by atoms with Crippen LogP contribution in [0.3, 0.4) is 0 Å². The SMILES string of the molecule is CC1=CCC(C)CN1. The summed E-state index contributed by atoms with van der Waals surface area (Å²) in [4.78, 5) is 0. The Kier molecular flexibility index (Phi) is 1.56. The number of hydrogen-bond donors (Lipinski definition) is 1. The average molecular weight is 111 g/mol. The summed E-state index contributed by atoms with van der Waals surface area (Å²) in [5, 5.41) is 3.29. The largest absolute Gasteiger partial charge is 0.389 e. The van der Waals surface area contributed by atoms with E-state index in [1.165, 1.54) is 12.1 Å². The molecule has 1 atom stereocenters. The smallest absolute Gasteiger partial charge is 0.0172 e. The molecule has 0 saturated heterocycles. The van der Waals surface area contributed by atoms with Crippen LogP contribution in [0.1, 0.15) is 20.3 Å². The van der Waals surface area contributed by atoms with Crippen molar-refractivity contribution in [3.8, 4) is 0 Å². The van der Waals surface area contributed by atoms with E-state index in [9.17, 15) is 0 Å². The molecular formula is C7H13N. The Morgan fingerprint density at radius 1 is 1.75 bits per heavy atom. The fraction of sp³-hybridized carbons (Fsp3) is 0.714. The van der Waals surface area contributed by atoms with Crippen molar-refractivity contribution in [1.29, 1.82) is 0 Å². The van der Waals surface area contributed by atoms with E-state index in [1.807, 2.05) is 0 Å². The Bertz CT molecular complexity index is 105. The van der Waals surface area contributed by atoms with Gasteiger partial charge in [-0.1, -0.05) is 13.0 Å². The molecule has 1 aliphatic rings. The first-order valence-electron chi connectivity index (χ1n) is 3.19. The number of rotatable bonds is 0. The molecule has 1 N–H and O–H groups in total. The molecule has 0 radical (unpaired) electrons. The molecule has 1 unspecified atom stereocenters. The van der Waals surface area contributed by atoms with E-state index in [0.717, 1.165) is 12.5 Å². The third kappa shape index (κ3) is 1.25. The third-order valence-electron chi connectivity index (χ3n) is 1.56. The van der Waals surface area contributed by atoms with Gasteiger partial charge in [-0.2, -0.15) is 0 Å². The highest BCUT2D eigenvalue weighted by Crippen LogP contribution is 2.08. The molecule has 8 heavy (non-hydrogen) atoms. The van der Waals surface area contributed by atoms with Crippen LogP contribution >= 0.6 is 0 Å². The number of nitrogens with one attached hydrogen (secondary N) is 1. The van der Waals surface area contributed by atoms with E-state index in [4.69, 9.17) is 0 Å². The molecule has 0 bridgehead atoms. The fourth-order valence-corrected chi connectivity index (χ4v) is 0.869. The van der Waals surface area contributed by atoms with Crippen LogP contribution in [0.25, 0.3) is 0 Å². The van der Waals surface area contributed by atoms with Crippen LogP contribution in [0.2, 0.25) is 0 Å². The van der Waals surface area contributed by atoms with Crippen LogP contribution in [0.4, 0.5) is 0 Å². The Hall–Kier alpha value is -0.460. The van der Waals surface area contributed by atoms with Gasteiger partial charge in [-0.25, -0.2) is 0 Å². The zero-order valence-corrected chi connectivity index (χ0v) is 5.57. The van der Waals surface area contributed by atoms with Crippen LogP contribution in [0.5, 0.6) is 0 Å². The normalized spacial score (nSPS) is 28.8. The summed E-state index contributed by atoms with van der Waals surface area (Å²) in [7, 11) is 0. The maximum Gasteiger partial charge on any atom is 0.0172 e. The molecule has 1 aliphatic heterocycles. The van der Waals surface area contributed by atoms with Crippen LogP contribution in [-0.4, -0.2) is 6.54 Å². The minimum absolute atomic E-state index is 0.832. The highest BCUT2D eigenvalue weighted by Gasteiger charge is 2.03. The van der Waals surface area contributed by atoms with Gasteiger partial charge in [0.1, 0.15) is 0 Å². The van der Waals surface area contributed by atoms with Gasteiger partial charge < -0.3 is 5.32 Å². The molecule has 0 amide bonds. The first-order valence-corrected chi connectivity index (χ1v) is 3.19. The van der Waals surface area contributed by atoms with Crippen molar-refractivity contribution in [2.45, 2.75) is 20.3 Å². The summed E-state index contributed by atoms with van der Waals surface area (Å²) in [5.41, 5.74) is 1.34. The lowest BCUT2D eigenvalue weighted by atomic mass is 10.0. The van der Waals surface area contributed by atoms with Crippen LogP contribution in [-0.2, 0) is 0 Å². The molecule has 1 rings (SSSR count). The second-order valence-corrected chi connectivity index (χ2v) is 2.61. The van der Waals surface area contributed by atoms with Crippen LogP contribution < -0.4 is 5.32 Å². The highest BCUT2D eigenvalue weighted by molar-refractivity contribution is 4.99. The Balaban J connectivity index is 2.42. The lowest BCUT2D eigenvalue weighted by molar-refractivity contribution is 0.523. The second-order valence-electron chi connectivity index (χ2n) is 2.61. The van der Waals surface area contributed by atoms with Gasteiger partial charge in [-0.05, 0) is 19.3 Å². The molecule has 0 aromatic rings. The van der Waals surface area contributed by atoms with E-state index < -0.39 is 0 Å². The lowest BCUT2D eigenvalue weighted by Crippen LogP contribution is -2.22. The zero-order chi connectivity index (χ0) is 5.98. The predicted molar refractivity (Wildman–Crippen MR) is 35.5 cm³/mol. The molecule has 0 aromatic heterocycles. The summed E-state index contributed by atoms with van der Waals surface area (Å²) in [6.07, 6.45) is 3.51. The average Bonchev–Trinajstić information content (AvgIpc) is 1.77. The number of allylic oxidation sites excluding steroid dienone is 2. The van der Waals surface area contributed by atoms with Gasteiger partial charge in [0.25, 0.3) is 0 Å². The minimum atomic E-state index is 0.832. The quantitative estimate of drug-likeness (QED) is 0.499. The minimum Gasteiger partial charge on any atom is -0.389 e. The third-order valence-corrected chi connectivity index (χ3v) is 1.56. The predicted octanol–water partition coefficient (Wildman–Crippen LogP) is 1.52. The Morgan fingerprint density at radius 3 is 2.88 bits per heavy atom. The summed E-state index contributed by atoms with van der Waals surface area (Å²) < 4.78 is 0. The van der Waals surface area contributed by atoms with Crippen molar-refractivity contribution >= 4 is 0 Å². The van der Waals surface area contributed by atoms with Gasteiger partial charge in [0.2, 0.25) is 0 Å². The van der Waals surface area contributed by atoms with Crippen molar-refractivity contribution < 1.29 is 0 Å². The van der Waals surface area contributed by atoms with Crippen molar-refractivity contribution in [3.05, 3.63) is 11.8 Å². The van der Waals surface area contributed by atoms with Crippen molar-refractivity contribution in [2.24, 2.45) is 5.92 Å². The van der Waals surface area contributed by atoms with Gasteiger partial charge in [0.05, 0.1) is 0 Å². The lowest BCUT2D eigenvalue weighted by Gasteiger charge is -2.17. The van der Waals surface area contributed by atoms with Crippen molar-refractivity contribution in [3.63, 3.8) is 0 Å². The van der Waals surface area contributed by atoms with E-state index in [2.05, 4.69) is 25.2 Å². The molecular weight excluding hydrogens is 98.1 g/mol. The van der Waals surface area contributed by atoms with E-state index in [-0.39, 0.29) is 0 Å². The number of hydrogen-bond acceptors (Lipinski definition) is 1. The zero-order valence-electron chi connectivity index (χ0n) is 5.57. The Labute approximate surface area is 50.8 Å². The van der Waals surface area contributed by atoms with Gasteiger partial charge in [-0.15, -0.1) is 0 Å². The van der Waals surface area contributed by atoms with Crippen molar-refractivity contribution in [2.75, 3.05) is 6.54 Å². The molecule has 0 fully saturated rings. The molecule has 0 aliphatic carbocycles. The standard InChI is InChI=1S/C7H13N/c1-6-3-4-7(2)8-5-6/h4,6,8H,3,5H2,1-2H3. The summed E-state index contributed by atoms with van der Waals surface area (Å²) in [6.45, 7) is 5.53. The maximum atomic E-state index is 3.29. The first-order chi connectivity index (χ1) is 3.79. The molecule has 1 heterocycles. The molecule has 1 nitrogen and oxygen atoms in total. The van der Waals surface area contributed by atoms with Crippen LogP contribution in [0.15, 0.2) is 11.8 Å². The van der Waals surface area contributed by atoms with E-state index in [1.54, 1.807) is 0 Å².